The molecular weight excluding hydrogens is 262 g/mol. The monoisotopic (exact) mass is 289 g/mol. The number of hydrogen-bond donors (Lipinski definition) is 1. The van der Waals surface area contributed by atoms with E-state index in [1.165, 1.54) is 31.9 Å². The van der Waals surface area contributed by atoms with Crippen molar-refractivity contribution in [1.29, 1.82) is 0 Å². The molecule has 0 spiro atoms. The van der Waals surface area contributed by atoms with Crippen molar-refractivity contribution in [3.63, 3.8) is 0 Å². The summed E-state index contributed by atoms with van der Waals surface area (Å²) in [5.74, 6) is 0. The van der Waals surface area contributed by atoms with Gasteiger partial charge in [0.15, 0.2) is 0 Å². The zero-order valence-corrected chi connectivity index (χ0v) is 13.0. The molecule has 1 heterocycles. The van der Waals surface area contributed by atoms with Crippen molar-refractivity contribution in [2.75, 3.05) is 39.0 Å². The Morgan fingerprint density at radius 2 is 1.84 bits per heavy atom. The maximum atomic E-state index is 11.5. The van der Waals surface area contributed by atoms with Crippen molar-refractivity contribution in [1.82, 2.24) is 14.5 Å². The molecule has 19 heavy (non-hydrogen) atoms. The molecule has 5 nitrogen and oxygen atoms in total. The van der Waals surface area contributed by atoms with Gasteiger partial charge >= 0.3 is 0 Å². The Labute approximate surface area is 117 Å². The van der Waals surface area contributed by atoms with Gasteiger partial charge in [0.1, 0.15) is 0 Å². The SMILES string of the molecule is CCCNC1CCCC1N1CCN(S(C)(=O)=O)CC1. The molecular formula is C13H27N3O2S. The molecule has 2 unspecified atom stereocenters. The van der Waals surface area contributed by atoms with Crippen molar-refractivity contribution in [2.24, 2.45) is 0 Å². The number of nitrogens with zero attached hydrogens (tertiary/aromatic N) is 2. The standard InChI is InChI=1S/C13H27N3O2S/c1-3-7-14-12-5-4-6-13(12)15-8-10-16(11-9-15)19(2,17)18/h12-14H,3-11H2,1-2H3. The van der Waals surface area contributed by atoms with Crippen molar-refractivity contribution < 1.29 is 8.42 Å². The smallest absolute Gasteiger partial charge is 0.211 e. The number of piperazine rings is 1. The van der Waals surface area contributed by atoms with Crippen molar-refractivity contribution >= 4 is 10.0 Å². The molecule has 1 saturated carbocycles. The first kappa shape index (κ1) is 15.2. The highest BCUT2D eigenvalue weighted by molar-refractivity contribution is 7.88. The molecule has 2 fully saturated rings. The third kappa shape index (κ3) is 3.90. The van der Waals surface area contributed by atoms with Crippen LogP contribution in [-0.2, 0) is 10.0 Å². The summed E-state index contributed by atoms with van der Waals surface area (Å²) in [6, 6.07) is 1.21. The van der Waals surface area contributed by atoms with Crippen molar-refractivity contribution in [3.8, 4) is 0 Å². The van der Waals surface area contributed by atoms with Crippen LogP contribution in [0.15, 0.2) is 0 Å². The highest BCUT2D eigenvalue weighted by Crippen LogP contribution is 2.25. The number of sulfonamides is 1. The number of rotatable bonds is 5. The molecule has 1 aliphatic carbocycles. The average molecular weight is 289 g/mol. The molecule has 0 aromatic heterocycles. The Morgan fingerprint density at radius 1 is 1.16 bits per heavy atom. The maximum absolute atomic E-state index is 11.5. The Kier molecular flexibility index (Phi) is 5.22. The van der Waals surface area contributed by atoms with Crippen LogP contribution in [0.3, 0.4) is 0 Å². The van der Waals surface area contributed by atoms with Crippen LogP contribution < -0.4 is 5.32 Å². The molecule has 2 rings (SSSR count). The van der Waals surface area contributed by atoms with E-state index in [9.17, 15) is 8.42 Å². The lowest BCUT2D eigenvalue weighted by Gasteiger charge is -2.39. The molecule has 2 atom stereocenters. The predicted molar refractivity (Wildman–Crippen MR) is 77.7 cm³/mol. The van der Waals surface area contributed by atoms with E-state index in [0.717, 1.165) is 19.6 Å². The zero-order chi connectivity index (χ0) is 13.9. The van der Waals surface area contributed by atoms with Crippen LogP contribution in [0.25, 0.3) is 0 Å². The average Bonchev–Trinajstić information content (AvgIpc) is 2.83. The summed E-state index contributed by atoms with van der Waals surface area (Å²) in [5.41, 5.74) is 0. The molecule has 0 radical (unpaired) electrons. The van der Waals surface area contributed by atoms with E-state index in [2.05, 4.69) is 17.1 Å². The van der Waals surface area contributed by atoms with E-state index in [4.69, 9.17) is 0 Å². The molecule has 0 bridgehead atoms. The minimum absolute atomic E-state index is 0.602. The fourth-order valence-corrected chi connectivity index (χ4v) is 4.14. The van der Waals surface area contributed by atoms with Crippen LogP contribution in [0.2, 0.25) is 0 Å². The summed E-state index contributed by atoms with van der Waals surface area (Å²) in [6.45, 7) is 6.34. The Morgan fingerprint density at radius 3 is 2.42 bits per heavy atom. The Balaban J connectivity index is 1.86. The van der Waals surface area contributed by atoms with E-state index < -0.39 is 10.0 Å². The van der Waals surface area contributed by atoms with Gasteiger partial charge in [-0.15, -0.1) is 0 Å². The van der Waals surface area contributed by atoms with Gasteiger partial charge in [-0.2, -0.15) is 4.31 Å². The number of nitrogens with one attached hydrogen (secondary N) is 1. The second-order valence-corrected chi connectivity index (χ2v) is 7.74. The van der Waals surface area contributed by atoms with Crippen LogP contribution in [0.1, 0.15) is 32.6 Å². The topological polar surface area (TPSA) is 52.6 Å². The lowest BCUT2D eigenvalue weighted by molar-refractivity contribution is 0.122. The molecule has 6 heteroatoms. The second kappa shape index (κ2) is 6.52. The molecule has 0 amide bonds. The summed E-state index contributed by atoms with van der Waals surface area (Å²) in [6.07, 6.45) is 6.28. The molecule has 0 aromatic carbocycles. The molecule has 1 saturated heterocycles. The summed E-state index contributed by atoms with van der Waals surface area (Å²) in [5, 5.41) is 3.65. The largest absolute Gasteiger partial charge is 0.312 e. The van der Waals surface area contributed by atoms with Crippen LogP contribution >= 0.6 is 0 Å². The zero-order valence-electron chi connectivity index (χ0n) is 12.1. The fourth-order valence-electron chi connectivity index (χ4n) is 3.31. The normalized spacial score (nSPS) is 30.8. The highest BCUT2D eigenvalue weighted by Gasteiger charge is 2.34. The first-order valence-corrected chi connectivity index (χ1v) is 9.29. The molecule has 112 valence electrons. The molecule has 1 aliphatic heterocycles. The third-order valence-electron chi connectivity index (χ3n) is 4.35. The van der Waals surface area contributed by atoms with E-state index in [0.29, 0.717) is 25.2 Å². The van der Waals surface area contributed by atoms with Gasteiger partial charge in [-0.25, -0.2) is 8.42 Å². The van der Waals surface area contributed by atoms with E-state index in [1.807, 2.05) is 0 Å². The second-order valence-electron chi connectivity index (χ2n) is 5.76. The Hall–Kier alpha value is -0.170. The van der Waals surface area contributed by atoms with E-state index in [-0.39, 0.29) is 0 Å². The minimum atomic E-state index is -3.01. The summed E-state index contributed by atoms with van der Waals surface area (Å²) in [4.78, 5) is 2.49. The minimum Gasteiger partial charge on any atom is -0.312 e. The first-order chi connectivity index (χ1) is 9.02. The van der Waals surface area contributed by atoms with Crippen molar-refractivity contribution in [3.05, 3.63) is 0 Å². The summed E-state index contributed by atoms with van der Waals surface area (Å²) < 4.78 is 24.6. The quantitative estimate of drug-likeness (QED) is 0.800. The summed E-state index contributed by atoms with van der Waals surface area (Å²) in [7, 11) is -3.01. The van der Waals surface area contributed by atoms with Gasteiger partial charge in [0.2, 0.25) is 10.0 Å². The van der Waals surface area contributed by atoms with Gasteiger partial charge < -0.3 is 5.32 Å². The number of hydrogen-bond acceptors (Lipinski definition) is 4. The third-order valence-corrected chi connectivity index (χ3v) is 5.65. The van der Waals surface area contributed by atoms with Gasteiger partial charge in [-0.05, 0) is 25.8 Å². The van der Waals surface area contributed by atoms with E-state index in [1.54, 1.807) is 4.31 Å². The lowest BCUT2D eigenvalue weighted by Crippen LogP contribution is -2.55. The lowest BCUT2D eigenvalue weighted by atomic mass is 10.1. The molecule has 0 aromatic rings. The molecule has 2 aliphatic rings. The summed E-state index contributed by atoms with van der Waals surface area (Å²) >= 11 is 0. The van der Waals surface area contributed by atoms with Gasteiger partial charge in [-0.1, -0.05) is 13.3 Å². The van der Waals surface area contributed by atoms with Crippen molar-refractivity contribution in [2.45, 2.75) is 44.7 Å². The highest BCUT2D eigenvalue weighted by atomic mass is 32.2. The first-order valence-electron chi connectivity index (χ1n) is 7.45. The predicted octanol–water partition coefficient (Wildman–Crippen LogP) is 0.484. The Bertz CT molecular complexity index is 377. The maximum Gasteiger partial charge on any atom is 0.211 e. The van der Waals surface area contributed by atoms with Crippen LogP contribution in [0.4, 0.5) is 0 Å². The van der Waals surface area contributed by atoms with Gasteiger partial charge in [-0.3, -0.25) is 4.90 Å². The van der Waals surface area contributed by atoms with Crippen LogP contribution in [0.5, 0.6) is 0 Å². The van der Waals surface area contributed by atoms with Gasteiger partial charge in [0, 0.05) is 38.3 Å². The van der Waals surface area contributed by atoms with Gasteiger partial charge in [0.25, 0.3) is 0 Å². The van der Waals surface area contributed by atoms with Crippen LogP contribution in [0, 0.1) is 0 Å². The van der Waals surface area contributed by atoms with Gasteiger partial charge in [0.05, 0.1) is 6.26 Å². The van der Waals surface area contributed by atoms with Crippen LogP contribution in [-0.4, -0.2) is 68.7 Å². The molecule has 1 N–H and O–H groups in total. The van der Waals surface area contributed by atoms with E-state index >= 15 is 0 Å². The fraction of sp³-hybridized carbons (Fsp3) is 1.00.